The van der Waals surface area contributed by atoms with Crippen molar-refractivity contribution < 1.29 is 17.9 Å². The van der Waals surface area contributed by atoms with E-state index in [-0.39, 0.29) is 22.9 Å². The number of methoxy groups -OCH3 is 1. The van der Waals surface area contributed by atoms with Crippen LogP contribution in [0.15, 0.2) is 83.8 Å². The summed E-state index contributed by atoms with van der Waals surface area (Å²) < 4.78 is 34.4. The van der Waals surface area contributed by atoms with Crippen molar-refractivity contribution in [3.8, 4) is 5.75 Å². The van der Waals surface area contributed by atoms with Crippen molar-refractivity contribution in [2.75, 3.05) is 11.4 Å². The topological polar surface area (TPSA) is 75.7 Å². The van der Waals surface area contributed by atoms with Gasteiger partial charge in [0.2, 0.25) is 0 Å². The fourth-order valence-corrected chi connectivity index (χ4v) is 4.73. The fourth-order valence-electron chi connectivity index (χ4n) is 3.22. The molecule has 32 heavy (non-hydrogen) atoms. The van der Waals surface area contributed by atoms with Crippen LogP contribution in [-0.4, -0.2) is 27.0 Å². The Morgan fingerprint density at radius 1 is 0.938 bits per heavy atom. The van der Waals surface area contributed by atoms with Crippen LogP contribution in [0.5, 0.6) is 5.75 Å². The van der Waals surface area contributed by atoms with E-state index in [0.29, 0.717) is 11.4 Å². The lowest BCUT2D eigenvalue weighted by molar-refractivity contribution is 0.0919. The second kappa shape index (κ2) is 9.44. The lowest BCUT2D eigenvalue weighted by Crippen LogP contribution is -2.40. The third-order valence-corrected chi connectivity index (χ3v) is 6.45. The van der Waals surface area contributed by atoms with Gasteiger partial charge in [-0.15, -0.1) is 0 Å². The molecule has 0 saturated heterocycles. The predicted molar refractivity (Wildman–Crippen MR) is 126 cm³/mol. The first-order valence-electron chi connectivity index (χ1n) is 10.2. The van der Waals surface area contributed by atoms with Crippen LogP contribution in [0.4, 0.5) is 5.69 Å². The summed E-state index contributed by atoms with van der Waals surface area (Å²) in [6.45, 7) is 5.72. The largest absolute Gasteiger partial charge is 0.495 e. The van der Waals surface area contributed by atoms with Crippen LogP contribution >= 0.6 is 0 Å². The zero-order valence-electron chi connectivity index (χ0n) is 18.7. The summed E-state index contributed by atoms with van der Waals surface area (Å²) in [6, 6.07) is 22.4. The molecule has 0 unspecified atom stereocenters. The van der Waals surface area contributed by atoms with Crippen molar-refractivity contribution in [3.63, 3.8) is 0 Å². The Kier molecular flexibility index (Phi) is 6.89. The zero-order valence-corrected chi connectivity index (χ0v) is 19.5. The van der Waals surface area contributed by atoms with Gasteiger partial charge in [-0.05, 0) is 56.7 Å². The summed E-state index contributed by atoms with van der Waals surface area (Å²) in [5.74, 6) is 0.107. The maximum atomic E-state index is 13.8. The number of amides is 1. The number of para-hydroxylation sites is 2. The number of carbonyl (C=O) groups is 1. The van der Waals surface area contributed by atoms with Crippen LogP contribution in [0.3, 0.4) is 0 Å². The van der Waals surface area contributed by atoms with Gasteiger partial charge in [0.1, 0.15) is 5.75 Å². The fraction of sp³-hybridized carbons (Fsp3) is 0.240. The molecule has 0 aromatic heterocycles. The van der Waals surface area contributed by atoms with Crippen molar-refractivity contribution in [2.24, 2.45) is 0 Å². The Labute approximate surface area is 189 Å². The van der Waals surface area contributed by atoms with Crippen molar-refractivity contribution in [3.05, 3.63) is 90.0 Å². The summed E-state index contributed by atoms with van der Waals surface area (Å²) in [6.07, 6.45) is 0. The monoisotopic (exact) mass is 452 g/mol. The third-order valence-electron chi connectivity index (χ3n) is 4.70. The maximum Gasteiger partial charge on any atom is 0.264 e. The minimum absolute atomic E-state index is 0.0286. The van der Waals surface area contributed by atoms with E-state index < -0.39 is 15.6 Å². The van der Waals surface area contributed by atoms with Crippen LogP contribution in [0.25, 0.3) is 0 Å². The second-order valence-electron chi connectivity index (χ2n) is 8.40. The highest BCUT2D eigenvalue weighted by molar-refractivity contribution is 7.92. The zero-order chi connectivity index (χ0) is 23.4. The van der Waals surface area contributed by atoms with Crippen LogP contribution < -0.4 is 14.4 Å². The van der Waals surface area contributed by atoms with E-state index in [2.05, 4.69) is 5.32 Å². The summed E-state index contributed by atoms with van der Waals surface area (Å²) >= 11 is 0. The number of sulfonamides is 1. The molecule has 0 aliphatic heterocycles. The first-order chi connectivity index (χ1) is 15.1. The number of nitrogens with one attached hydrogen (secondary N) is 1. The first kappa shape index (κ1) is 23.3. The van der Waals surface area contributed by atoms with Gasteiger partial charge < -0.3 is 10.1 Å². The van der Waals surface area contributed by atoms with Gasteiger partial charge in [-0.25, -0.2) is 8.42 Å². The van der Waals surface area contributed by atoms with E-state index in [4.69, 9.17) is 4.74 Å². The molecule has 0 bridgehead atoms. The number of carbonyl (C=O) groups excluding carboxylic acids is 1. The van der Waals surface area contributed by atoms with E-state index in [1.54, 1.807) is 36.4 Å². The molecule has 0 fully saturated rings. The van der Waals surface area contributed by atoms with E-state index in [9.17, 15) is 13.2 Å². The van der Waals surface area contributed by atoms with Crippen LogP contribution in [0.2, 0.25) is 0 Å². The van der Waals surface area contributed by atoms with E-state index in [1.807, 2.05) is 51.1 Å². The molecule has 168 valence electrons. The second-order valence-corrected chi connectivity index (χ2v) is 10.3. The van der Waals surface area contributed by atoms with Gasteiger partial charge in [-0.2, -0.15) is 0 Å². The normalized spacial score (nSPS) is 11.6. The Bertz CT molecular complexity index is 1190. The molecule has 3 aromatic carbocycles. The molecular weight excluding hydrogens is 424 g/mol. The van der Waals surface area contributed by atoms with Gasteiger partial charge in [0, 0.05) is 11.1 Å². The Hall–Kier alpha value is -3.32. The van der Waals surface area contributed by atoms with Crippen LogP contribution in [0.1, 0.15) is 36.7 Å². The Morgan fingerprint density at radius 2 is 1.59 bits per heavy atom. The predicted octanol–water partition coefficient (Wildman–Crippen LogP) is 4.62. The SMILES string of the molecule is COc1ccccc1N(Cc1ccccc1)S(=O)(=O)c1cccc(C(=O)NC(C)(C)C)c1. The molecule has 0 radical (unpaired) electrons. The van der Waals surface area contributed by atoms with Gasteiger partial charge in [0.05, 0.1) is 24.2 Å². The van der Waals surface area contributed by atoms with Crippen molar-refractivity contribution in [1.29, 1.82) is 0 Å². The lowest BCUT2D eigenvalue weighted by atomic mass is 10.1. The number of hydrogen-bond acceptors (Lipinski definition) is 4. The Morgan fingerprint density at radius 3 is 2.25 bits per heavy atom. The summed E-state index contributed by atoms with van der Waals surface area (Å²) in [5.41, 5.74) is 1.08. The van der Waals surface area contributed by atoms with Crippen molar-refractivity contribution in [1.82, 2.24) is 5.32 Å². The Balaban J connectivity index is 2.08. The van der Waals surface area contributed by atoms with Crippen molar-refractivity contribution in [2.45, 2.75) is 37.8 Å². The summed E-state index contributed by atoms with van der Waals surface area (Å²) in [7, 11) is -2.51. The summed E-state index contributed by atoms with van der Waals surface area (Å²) in [4.78, 5) is 12.7. The quantitative estimate of drug-likeness (QED) is 0.568. The number of nitrogens with zero attached hydrogens (tertiary/aromatic N) is 1. The van der Waals surface area contributed by atoms with Gasteiger partial charge in [0.15, 0.2) is 0 Å². The lowest BCUT2D eigenvalue weighted by Gasteiger charge is -2.26. The minimum Gasteiger partial charge on any atom is -0.495 e. The molecule has 3 rings (SSSR count). The highest BCUT2D eigenvalue weighted by Gasteiger charge is 2.28. The van der Waals surface area contributed by atoms with Crippen molar-refractivity contribution >= 4 is 21.6 Å². The number of benzene rings is 3. The van der Waals surface area contributed by atoms with Crippen LogP contribution in [-0.2, 0) is 16.6 Å². The highest BCUT2D eigenvalue weighted by Crippen LogP contribution is 2.33. The third kappa shape index (κ3) is 5.48. The van der Waals surface area contributed by atoms with Gasteiger partial charge in [0.25, 0.3) is 15.9 Å². The maximum absolute atomic E-state index is 13.8. The van der Waals surface area contributed by atoms with E-state index >= 15 is 0 Å². The number of ether oxygens (including phenoxy) is 1. The molecule has 7 heteroatoms. The molecule has 0 aliphatic carbocycles. The molecule has 0 saturated carbocycles. The molecule has 0 atom stereocenters. The average Bonchev–Trinajstić information content (AvgIpc) is 2.77. The number of rotatable bonds is 7. The average molecular weight is 453 g/mol. The number of hydrogen-bond donors (Lipinski definition) is 1. The van der Waals surface area contributed by atoms with Gasteiger partial charge in [-0.1, -0.05) is 48.5 Å². The molecule has 0 heterocycles. The summed E-state index contributed by atoms with van der Waals surface area (Å²) in [5, 5.41) is 2.87. The smallest absolute Gasteiger partial charge is 0.264 e. The molecule has 6 nitrogen and oxygen atoms in total. The minimum atomic E-state index is -4.01. The highest BCUT2D eigenvalue weighted by atomic mass is 32.2. The van der Waals surface area contributed by atoms with E-state index in [1.165, 1.54) is 23.5 Å². The molecule has 0 aliphatic rings. The molecular formula is C25H28N2O4S. The number of anilines is 1. The van der Waals surface area contributed by atoms with Crippen LogP contribution in [0, 0.1) is 0 Å². The molecule has 1 N–H and O–H groups in total. The van der Waals surface area contributed by atoms with Gasteiger partial charge >= 0.3 is 0 Å². The molecule has 1 amide bonds. The van der Waals surface area contributed by atoms with E-state index in [0.717, 1.165) is 5.56 Å². The standard InChI is InChI=1S/C25H28N2O4S/c1-25(2,3)26-24(28)20-13-10-14-21(17-20)32(29,30)27(18-19-11-6-5-7-12-19)22-15-8-9-16-23(22)31-4/h5-17H,18H2,1-4H3,(H,26,28). The van der Waals surface area contributed by atoms with Gasteiger partial charge in [-0.3, -0.25) is 9.10 Å². The molecule has 0 spiro atoms. The molecule has 3 aromatic rings. The first-order valence-corrected chi connectivity index (χ1v) is 11.7.